The molecule has 0 N–H and O–H groups in total. The summed E-state index contributed by atoms with van der Waals surface area (Å²) in [6.45, 7) is 7.70. The smallest absolute Gasteiger partial charge is 0.145 e. The van der Waals surface area contributed by atoms with Gasteiger partial charge in [-0.25, -0.2) is 4.39 Å². The van der Waals surface area contributed by atoms with Crippen LogP contribution in [-0.2, 0) is 0 Å². The first-order chi connectivity index (χ1) is 8.84. The van der Waals surface area contributed by atoms with Gasteiger partial charge in [0.15, 0.2) is 0 Å². The first kappa shape index (κ1) is 14.3. The van der Waals surface area contributed by atoms with E-state index in [1.54, 1.807) is 12.1 Å². The fourth-order valence-electron chi connectivity index (χ4n) is 2.60. The monoisotopic (exact) mass is 280 g/mol. The molecule has 0 aliphatic carbocycles. The largest absolute Gasteiger partial charge is 0.297 e. The van der Waals surface area contributed by atoms with Gasteiger partial charge in [0.2, 0.25) is 0 Å². The Hall–Kier alpha value is -1.11. The van der Waals surface area contributed by atoms with Crippen molar-refractivity contribution < 1.29 is 4.39 Å². The van der Waals surface area contributed by atoms with E-state index >= 15 is 0 Å². The lowest BCUT2D eigenvalue weighted by Gasteiger charge is -2.31. The maximum Gasteiger partial charge on any atom is 0.145 e. The molecule has 1 aliphatic rings. The number of rotatable bonds is 1. The van der Waals surface area contributed by atoms with Crippen molar-refractivity contribution >= 4 is 11.6 Å². The second kappa shape index (κ2) is 5.11. The lowest BCUT2D eigenvalue weighted by Crippen LogP contribution is -2.39. The Kier molecular flexibility index (Phi) is 3.85. The fourth-order valence-corrected chi connectivity index (χ4v) is 2.79. The minimum Gasteiger partial charge on any atom is -0.297 e. The molecule has 0 unspecified atom stereocenters. The molecule has 1 heterocycles. The molecule has 0 bridgehead atoms. The molecule has 1 aromatic carbocycles. The van der Waals surface area contributed by atoms with Crippen molar-refractivity contribution in [3.8, 4) is 6.07 Å². The summed E-state index contributed by atoms with van der Waals surface area (Å²) in [5, 5.41) is 9.44. The highest BCUT2D eigenvalue weighted by Crippen LogP contribution is 2.38. The molecule has 2 rings (SSSR count). The van der Waals surface area contributed by atoms with E-state index in [0.29, 0.717) is 18.7 Å². The van der Waals surface area contributed by atoms with Gasteiger partial charge in [-0.1, -0.05) is 23.7 Å². The quantitative estimate of drug-likeness (QED) is 0.782. The van der Waals surface area contributed by atoms with Crippen LogP contribution < -0.4 is 0 Å². The third kappa shape index (κ3) is 2.75. The standard InChI is InChI=1S/C15H18ClFN2/c1-15(2,3)19-8-10(7-18)12(9-19)11-5-4-6-13(16)14(11)17/h4-6,10,12H,8-9H2,1-3H3/t10-,12-/m1/s1. The highest BCUT2D eigenvalue weighted by Gasteiger charge is 2.39. The molecule has 0 spiro atoms. The molecular formula is C15H18ClFN2. The molecule has 1 aromatic rings. The fraction of sp³-hybridized carbons (Fsp3) is 0.533. The third-order valence-electron chi connectivity index (χ3n) is 3.82. The molecule has 4 heteroatoms. The number of likely N-dealkylation sites (tertiary alicyclic amines) is 1. The molecular weight excluding hydrogens is 263 g/mol. The lowest BCUT2D eigenvalue weighted by molar-refractivity contribution is 0.170. The Balaban J connectivity index is 2.34. The molecule has 2 atom stereocenters. The van der Waals surface area contributed by atoms with Gasteiger partial charge in [0.1, 0.15) is 5.82 Å². The van der Waals surface area contributed by atoms with E-state index in [1.807, 2.05) is 0 Å². The zero-order valence-electron chi connectivity index (χ0n) is 11.5. The van der Waals surface area contributed by atoms with Crippen LogP contribution in [0.5, 0.6) is 0 Å². The second-order valence-electron chi connectivity index (χ2n) is 6.06. The number of halogens is 2. The average molecular weight is 281 g/mol. The van der Waals surface area contributed by atoms with Gasteiger partial charge >= 0.3 is 0 Å². The Labute approximate surface area is 118 Å². The molecule has 19 heavy (non-hydrogen) atoms. The van der Waals surface area contributed by atoms with E-state index < -0.39 is 0 Å². The SMILES string of the molecule is CC(C)(C)N1C[C@@H](C#N)[C@H](c2cccc(Cl)c2F)C1. The van der Waals surface area contributed by atoms with E-state index in [4.69, 9.17) is 11.6 Å². The number of benzene rings is 1. The van der Waals surface area contributed by atoms with Crippen molar-refractivity contribution in [1.29, 1.82) is 5.26 Å². The molecule has 1 fully saturated rings. The summed E-state index contributed by atoms with van der Waals surface area (Å²) in [6, 6.07) is 7.33. The lowest BCUT2D eigenvalue weighted by atomic mass is 9.89. The topological polar surface area (TPSA) is 27.0 Å². The number of nitrogens with zero attached hydrogens (tertiary/aromatic N) is 2. The van der Waals surface area contributed by atoms with Crippen LogP contribution in [0.1, 0.15) is 32.3 Å². The summed E-state index contributed by atoms with van der Waals surface area (Å²) in [6.07, 6.45) is 0. The van der Waals surface area contributed by atoms with Crippen LogP contribution in [0.2, 0.25) is 5.02 Å². The van der Waals surface area contributed by atoms with Crippen molar-refractivity contribution in [2.75, 3.05) is 13.1 Å². The van der Waals surface area contributed by atoms with Crippen LogP contribution in [0.25, 0.3) is 0 Å². The Bertz CT molecular complexity index is 516. The predicted octanol–water partition coefficient (Wildman–Crippen LogP) is 3.82. The minimum absolute atomic E-state index is 0.0150. The molecule has 0 radical (unpaired) electrons. The van der Waals surface area contributed by atoms with Crippen molar-refractivity contribution in [3.05, 3.63) is 34.6 Å². The Morgan fingerprint density at radius 1 is 1.37 bits per heavy atom. The van der Waals surface area contributed by atoms with Crippen molar-refractivity contribution in [3.63, 3.8) is 0 Å². The van der Waals surface area contributed by atoms with Gasteiger partial charge in [0, 0.05) is 24.5 Å². The van der Waals surface area contributed by atoms with Gasteiger partial charge in [-0.3, -0.25) is 4.90 Å². The third-order valence-corrected chi connectivity index (χ3v) is 4.11. The first-order valence-electron chi connectivity index (χ1n) is 6.43. The van der Waals surface area contributed by atoms with Crippen LogP contribution in [0.15, 0.2) is 18.2 Å². The zero-order chi connectivity index (χ0) is 14.2. The highest BCUT2D eigenvalue weighted by molar-refractivity contribution is 6.30. The van der Waals surface area contributed by atoms with E-state index in [0.717, 1.165) is 0 Å². The van der Waals surface area contributed by atoms with E-state index in [1.165, 1.54) is 6.07 Å². The highest BCUT2D eigenvalue weighted by atomic mass is 35.5. The van der Waals surface area contributed by atoms with Gasteiger partial charge in [-0.05, 0) is 32.4 Å². The Morgan fingerprint density at radius 3 is 2.63 bits per heavy atom. The normalized spacial score (nSPS) is 24.4. The maximum atomic E-state index is 14.1. The molecule has 0 aromatic heterocycles. The first-order valence-corrected chi connectivity index (χ1v) is 6.81. The van der Waals surface area contributed by atoms with Crippen molar-refractivity contribution in [1.82, 2.24) is 4.90 Å². The number of hydrogen-bond donors (Lipinski definition) is 0. The van der Waals surface area contributed by atoms with Crippen LogP contribution >= 0.6 is 11.6 Å². The number of hydrogen-bond acceptors (Lipinski definition) is 2. The summed E-state index contributed by atoms with van der Waals surface area (Å²) in [5.41, 5.74) is 0.546. The summed E-state index contributed by atoms with van der Waals surface area (Å²) in [7, 11) is 0. The minimum atomic E-state index is -0.384. The van der Waals surface area contributed by atoms with Crippen LogP contribution in [0.4, 0.5) is 4.39 Å². The summed E-state index contributed by atoms with van der Waals surface area (Å²) in [5.74, 6) is -0.680. The predicted molar refractivity (Wildman–Crippen MR) is 74.6 cm³/mol. The number of nitriles is 1. The molecule has 1 aliphatic heterocycles. The zero-order valence-corrected chi connectivity index (χ0v) is 12.2. The molecule has 1 saturated heterocycles. The molecule has 0 saturated carbocycles. The second-order valence-corrected chi connectivity index (χ2v) is 6.47. The Morgan fingerprint density at radius 2 is 2.05 bits per heavy atom. The van der Waals surface area contributed by atoms with Crippen LogP contribution in [0, 0.1) is 23.1 Å². The summed E-state index contributed by atoms with van der Waals surface area (Å²) >= 11 is 5.84. The summed E-state index contributed by atoms with van der Waals surface area (Å²) in [4.78, 5) is 2.23. The van der Waals surface area contributed by atoms with Crippen molar-refractivity contribution in [2.24, 2.45) is 5.92 Å². The van der Waals surface area contributed by atoms with Gasteiger partial charge < -0.3 is 0 Å². The summed E-state index contributed by atoms with van der Waals surface area (Å²) < 4.78 is 14.1. The van der Waals surface area contributed by atoms with E-state index in [2.05, 4.69) is 31.7 Å². The van der Waals surface area contributed by atoms with Gasteiger partial charge in [0.05, 0.1) is 17.0 Å². The maximum absolute atomic E-state index is 14.1. The molecule has 0 amide bonds. The van der Waals surface area contributed by atoms with Crippen molar-refractivity contribution in [2.45, 2.75) is 32.2 Å². The van der Waals surface area contributed by atoms with Crippen LogP contribution in [-0.4, -0.2) is 23.5 Å². The van der Waals surface area contributed by atoms with Gasteiger partial charge in [0.25, 0.3) is 0 Å². The molecule has 2 nitrogen and oxygen atoms in total. The average Bonchev–Trinajstić information content (AvgIpc) is 2.76. The van der Waals surface area contributed by atoms with Gasteiger partial charge in [-0.2, -0.15) is 5.26 Å². The molecule has 102 valence electrons. The van der Waals surface area contributed by atoms with Crippen LogP contribution in [0.3, 0.4) is 0 Å². The van der Waals surface area contributed by atoms with E-state index in [-0.39, 0.29) is 28.2 Å². The van der Waals surface area contributed by atoms with E-state index in [9.17, 15) is 9.65 Å². The van der Waals surface area contributed by atoms with Gasteiger partial charge in [-0.15, -0.1) is 0 Å².